The molecule has 1 aliphatic carbocycles. The summed E-state index contributed by atoms with van der Waals surface area (Å²) < 4.78 is 33.5. The molecule has 0 bridgehead atoms. The van der Waals surface area contributed by atoms with Gasteiger partial charge in [-0.05, 0) is 37.5 Å². The van der Waals surface area contributed by atoms with Gasteiger partial charge in [0.05, 0.1) is 43.9 Å². The second-order valence-corrected chi connectivity index (χ2v) is 8.24. The van der Waals surface area contributed by atoms with Crippen LogP contribution in [0.1, 0.15) is 19.3 Å². The second-order valence-electron chi connectivity index (χ2n) is 7.83. The number of para-hydroxylation sites is 1. The van der Waals surface area contributed by atoms with E-state index in [4.69, 9.17) is 39.7 Å². The molecule has 3 aromatic rings. The fourth-order valence-corrected chi connectivity index (χ4v) is 4.14. The Balaban J connectivity index is 1.61. The molecule has 0 atom stereocenters. The van der Waals surface area contributed by atoms with Crippen molar-refractivity contribution in [2.45, 2.75) is 24.9 Å². The first-order chi connectivity index (χ1) is 16.4. The first-order valence-corrected chi connectivity index (χ1v) is 11.1. The zero-order chi connectivity index (χ0) is 24.3. The smallest absolute Gasteiger partial charge is 0.338 e. The van der Waals surface area contributed by atoms with Crippen LogP contribution in [-0.2, 0) is 14.3 Å². The molecule has 0 N–H and O–H groups in total. The number of hydrogen-bond donors (Lipinski definition) is 0. The fraction of sp³-hybridized carbons (Fsp3) is 0.360. The summed E-state index contributed by atoms with van der Waals surface area (Å²) in [5, 5.41) is 0.709. The number of halogens is 1. The first-order valence-electron chi connectivity index (χ1n) is 10.8. The number of methoxy groups -OCH3 is 3. The van der Waals surface area contributed by atoms with E-state index in [1.54, 1.807) is 30.3 Å². The molecule has 34 heavy (non-hydrogen) atoms. The molecule has 9 heteroatoms. The molecule has 0 spiro atoms. The Hall–Kier alpha value is -3.23. The molecule has 0 unspecified atom stereocenters. The summed E-state index contributed by atoms with van der Waals surface area (Å²) in [4.78, 5) is 24.7. The molecule has 1 heterocycles. The number of hydrogen-bond acceptors (Lipinski definition) is 8. The molecule has 0 saturated heterocycles. The molecule has 1 aromatic heterocycles. The van der Waals surface area contributed by atoms with Crippen LogP contribution in [0.3, 0.4) is 0 Å². The van der Waals surface area contributed by atoms with Crippen molar-refractivity contribution in [3.63, 3.8) is 0 Å². The van der Waals surface area contributed by atoms with E-state index in [9.17, 15) is 9.59 Å². The van der Waals surface area contributed by atoms with Gasteiger partial charge in [0.1, 0.15) is 18.1 Å². The molecule has 0 aliphatic heterocycles. The molecule has 180 valence electrons. The van der Waals surface area contributed by atoms with Gasteiger partial charge in [0.25, 0.3) is 0 Å². The van der Waals surface area contributed by atoms with Gasteiger partial charge in [0.2, 0.25) is 0 Å². The van der Waals surface area contributed by atoms with Crippen molar-refractivity contribution in [3.8, 4) is 28.6 Å². The topological polar surface area (TPSA) is 93.4 Å². The van der Waals surface area contributed by atoms with Crippen molar-refractivity contribution in [3.05, 3.63) is 51.6 Å². The number of fused-ring (bicyclic) bond motifs is 1. The Morgan fingerprint density at radius 1 is 1.03 bits per heavy atom. The normalized spacial score (nSPS) is 14.4. The van der Waals surface area contributed by atoms with Gasteiger partial charge >= 0.3 is 5.97 Å². The zero-order valence-corrected chi connectivity index (χ0v) is 19.9. The van der Waals surface area contributed by atoms with E-state index in [2.05, 4.69) is 0 Å². The van der Waals surface area contributed by atoms with Crippen LogP contribution in [-0.4, -0.2) is 46.1 Å². The van der Waals surface area contributed by atoms with E-state index in [1.807, 2.05) is 0 Å². The summed E-state index contributed by atoms with van der Waals surface area (Å²) in [6.45, 7) is 0.342. The summed E-state index contributed by atoms with van der Waals surface area (Å²) >= 11 is 6.26. The number of carbonyl (C=O) groups excluding carboxylic acids is 1. The maximum Gasteiger partial charge on any atom is 0.338 e. The number of esters is 1. The third-order valence-corrected chi connectivity index (χ3v) is 6.19. The highest BCUT2D eigenvalue weighted by Gasteiger charge is 2.46. The minimum Gasteiger partial charge on any atom is -0.496 e. The standard InChI is InChI=1S/C25H25ClO8/c1-29-19-14-21(30-2)22(32-10-11-33-25(8-5-9-25)24(28)31-3)12-16(19)20-13-18(27)15-6-4-7-17(26)23(15)34-20/h4,6-7,12-14H,5,8-11H2,1-3H3. The van der Waals surface area contributed by atoms with Crippen molar-refractivity contribution in [1.29, 1.82) is 0 Å². The van der Waals surface area contributed by atoms with E-state index in [0.717, 1.165) is 6.42 Å². The molecule has 1 saturated carbocycles. The summed E-state index contributed by atoms with van der Waals surface area (Å²) in [7, 11) is 4.36. The van der Waals surface area contributed by atoms with Crippen LogP contribution in [0.4, 0.5) is 0 Å². The Labute approximate surface area is 201 Å². The molecule has 0 radical (unpaired) electrons. The van der Waals surface area contributed by atoms with E-state index in [-0.39, 0.29) is 36.0 Å². The highest BCUT2D eigenvalue weighted by molar-refractivity contribution is 6.34. The average molecular weight is 489 g/mol. The Kier molecular flexibility index (Phi) is 7.00. The van der Waals surface area contributed by atoms with E-state index >= 15 is 0 Å². The van der Waals surface area contributed by atoms with Crippen LogP contribution < -0.4 is 19.6 Å². The van der Waals surface area contributed by atoms with Crippen LogP contribution in [0.2, 0.25) is 5.02 Å². The van der Waals surface area contributed by atoms with Gasteiger partial charge in [-0.15, -0.1) is 0 Å². The van der Waals surface area contributed by atoms with Crippen LogP contribution in [0.15, 0.2) is 45.6 Å². The molecule has 1 fully saturated rings. The SMILES string of the molecule is COC(=O)C1(OCCOc2cc(-c3cc(=O)c4cccc(Cl)c4o3)c(OC)cc2OC)CCC1. The molecule has 1 aliphatic rings. The van der Waals surface area contributed by atoms with Crippen LogP contribution >= 0.6 is 11.6 Å². The highest BCUT2D eigenvalue weighted by atomic mass is 35.5. The molecule has 0 amide bonds. The molecule has 8 nitrogen and oxygen atoms in total. The van der Waals surface area contributed by atoms with Crippen molar-refractivity contribution in [2.75, 3.05) is 34.5 Å². The summed E-state index contributed by atoms with van der Waals surface area (Å²) in [5.41, 5.74) is -0.348. The lowest BCUT2D eigenvalue weighted by atomic mass is 9.80. The monoisotopic (exact) mass is 488 g/mol. The Bertz CT molecular complexity index is 1260. The van der Waals surface area contributed by atoms with Gasteiger partial charge in [0, 0.05) is 12.1 Å². The summed E-state index contributed by atoms with van der Waals surface area (Å²) in [6, 6.07) is 9.69. The lowest BCUT2D eigenvalue weighted by Crippen LogP contribution is -2.49. The molecular weight excluding hydrogens is 464 g/mol. The van der Waals surface area contributed by atoms with Gasteiger partial charge in [-0.1, -0.05) is 17.7 Å². The highest BCUT2D eigenvalue weighted by Crippen LogP contribution is 2.41. The number of benzene rings is 2. The van der Waals surface area contributed by atoms with Crippen LogP contribution in [0, 0.1) is 0 Å². The number of rotatable bonds is 9. The lowest BCUT2D eigenvalue weighted by molar-refractivity contribution is -0.183. The maximum atomic E-state index is 12.7. The third kappa shape index (κ3) is 4.43. The van der Waals surface area contributed by atoms with Crippen molar-refractivity contribution < 1.29 is 32.9 Å². The first kappa shape index (κ1) is 23.9. The predicted octanol–water partition coefficient (Wildman–Crippen LogP) is 4.62. The van der Waals surface area contributed by atoms with Gasteiger partial charge in [-0.2, -0.15) is 0 Å². The molecular formula is C25H25ClO8. The van der Waals surface area contributed by atoms with Crippen molar-refractivity contribution >= 4 is 28.5 Å². The van der Waals surface area contributed by atoms with Crippen molar-refractivity contribution in [1.82, 2.24) is 0 Å². The predicted molar refractivity (Wildman–Crippen MR) is 126 cm³/mol. The Morgan fingerprint density at radius 3 is 2.44 bits per heavy atom. The molecule has 4 rings (SSSR count). The minimum absolute atomic E-state index is 0.161. The van der Waals surface area contributed by atoms with Gasteiger partial charge < -0.3 is 28.1 Å². The number of ether oxygens (including phenoxy) is 5. The lowest BCUT2D eigenvalue weighted by Gasteiger charge is -2.38. The van der Waals surface area contributed by atoms with E-state index in [1.165, 1.54) is 27.4 Å². The average Bonchev–Trinajstić information content (AvgIpc) is 2.82. The quantitative estimate of drug-likeness (QED) is 0.318. The fourth-order valence-electron chi connectivity index (χ4n) is 3.93. The third-order valence-electron chi connectivity index (χ3n) is 5.90. The van der Waals surface area contributed by atoms with Gasteiger partial charge in [-0.3, -0.25) is 4.79 Å². The number of carbonyl (C=O) groups is 1. The van der Waals surface area contributed by atoms with Gasteiger partial charge in [-0.25, -0.2) is 4.79 Å². The summed E-state index contributed by atoms with van der Waals surface area (Å²) in [6.07, 6.45) is 2.16. The minimum atomic E-state index is -0.888. The van der Waals surface area contributed by atoms with Crippen LogP contribution in [0.25, 0.3) is 22.3 Å². The maximum absolute atomic E-state index is 12.7. The van der Waals surface area contributed by atoms with E-state index < -0.39 is 5.60 Å². The summed E-state index contributed by atoms with van der Waals surface area (Å²) in [5.74, 6) is 1.14. The second kappa shape index (κ2) is 9.95. The molecule has 2 aromatic carbocycles. The zero-order valence-electron chi connectivity index (χ0n) is 19.1. The van der Waals surface area contributed by atoms with Crippen LogP contribution in [0.5, 0.6) is 17.2 Å². The Morgan fingerprint density at radius 2 is 1.79 bits per heavy atom. The van der Waals surface area contributed by atoms with Gasteiger partial charge in [0.15, 0.2) is 28.1 Å². The van der Waals surface area contributed by atoms with E-state index in [0.29, 0.717) is 46.1 Å². The van der Waals surface area contributed by atoms with Crippen molar-refractivity contribution in [2.24, 2.45) is 0 Å². The largest absolute Gasteiger partial charge is 0.496 e.